The Kier molecular flexibility index (Phi) is 5.66. The van der Waals surface area contributed by atoms with Crippen molar-refractivity contribution in [3.8, 4) is 0 Å². The number of aliphatic imine (C=N–C) groups is 1. The Morgan fingerprint density at radius 3 is 2.86 bits per heavy atom. The van der Waals surface area contributed by atoms with Crippen molar-refractivity contribution in [3.05, 3.63) is 78.4 Å². The molecule has 0 aromatic heterocycles. The van der Waals surface area contributed by atoms with E-state index in [9.17, 15) is 4.79 Å². The lowest BCUT2D eigenvalue weighted by atomic mass is 9.92. The summed E-state index contributed by atoms with van der Waals surface area (Å²) in [4.78, 5) is 15.7. The van der Waals surface area contributed by atoms with E-state index in [2.05, 4.69) is 22.4 Å². The SMILES string of the molecule is C=C(N=CC1CC=CC=C1/C=C/C(=O)OC)c1ccccc1. The number of allylic oxidation sites excluding steroid dienone is 5. The Balaban J connectivity index is 2.07. The largest absolute Gasteiger partial charge is 0.466 e. The summed E-state index contributed by atoms with van der Waals surface area (Å²) in [5.74, 6) is -0.230. The van der Waals surface area contributed by atoms with E-state index < -0.39 is 0 Å². The normalized spacial score (nSPS) is 17.7. The van der Waals surface area contributed by atoms with Gasteiger partial charge in [0, 0.05) is 18.2 Å². The molecule has 1 aromatic rings. The van der Waals surface area contributed by atoms with E-state index in [-0.39, 0.29) is 11.9 Å². The van der Waals surface area contributed by atoms with Crippen LogP contribution in [0.5, 0.6) is 0 Å². The van der Waals surface area contributed by atoms with Crippen LogP contribution in [0.15, 0.2) is 77.9 Å². The predicted molar refractivity (Wildman–Crippen MR) is 90.5 cm³/mol. The first-order valence-electron chi connectivity index (χ1n) is 7.12. The zero-order valence-corrected chi connectivity index (χ0v) is 12.6. The van der Waals surface area contributed by atoms with Crippen LogP contribution in [0.4, 0.5) is 0 Å². The summed E-state index contributed by atoms with van der Waals surface area (Å²) in [6.45, 7) is 3.99. The second-order valence-electron chi connectivity index (χ2n) is 4.88. The minimum atomic E-state index is -0.361. The minimum Gasteiger partial charge on any atom is -0.466 e. The molecule has 112 valence electrons. The van der Waals surface area contributed by atoms with Crippen molar-refractivity contribution < 1.29 is 9.53 Å². The highest BCUT2D eigenvalue weighted by Crippen LogP contribution is 2.21. The van der Waals surface area contributed by atoms with Crippen LogP contribution >= 0.6 is 0 Å². The molecule has 2 rings (SSSR count). The van der Waals surface area contributed by atoms with Gasteiger partial charge in [0.15, 0.2) is 0 Å². The molecule has 3 heteroatoms. The Labute approximate surface area is 131 Å². The number of carbonyl (C=O) groups excluding carboxylic acids is 1. The zero-order valence-electron chi connectivity index (χ0n) is 12.6. The average molecular weight is 293 g/mol. The van der Waals surface area contributed by atoms with Crippen LogP contribution in [0.2, 0.25) is 0 Å². The Bertz CT molecular complexity index is 651. The molecule has 0 fully saturated rings. The average Bonchev–Trinajstić information content (AvgIpc) is 2.59. The van der Waals surface area contributed by atoms with E-state index in [1.54, 1.807) is 6.08 Å². The Morgan fingerprint density at radius 1 is 1.36 bits per heavy atom. The molecular weight excluding hydrogens is 274 g/mol. The van der Waals surface area contributed by atoms with Gasteiger partial charge in [-0.2, -0.15) is 0 Å². The summed E-state index contributed by atoms with van der Waals surface area (Å²) in [7, 11) is 1.37. The van der Waals surface area contributed by atoms with Gasteiger partial charge in [0.1, 0.15) is 0 Å². The van der Waals surface area contributed by atoms with Crippen molar-refractivity contribution in [2.24, 2.45) is 10.9 Å². The van der Waals surface area contributed by atoms with Gasteiger partial charge in [-0.15, -0.1) is 0 Å². The molecule has 1 aromatic carbocycles. The lowest BCUT2D eigenvalue weighted by Crippen LogP contribution is -2.07. The summed E-state index contributed by atoms with van der Waals surface area (Å²) in [6.07, 6.45) is 12.0. The highest BCUT2D eigenvalue weighted by atomic mass is 16.5. The Morgan fingerprint density at radius 2 is 2.14 bits per heavy atom. The van der Waals surface area contributed by atoms with Crippen LogP contribution < -0.4 is 0 Å². The van der Waals surface area contributed by atoms with Crippen LogP contribution in [0.3, 0.4) is 0 Å². The van der Waals surface area contributed by atoms with Gasteiger partial charge in [0.05, 0.1) is 12.8 Å². The minimum absolute atomic E-state index is 0.131. The third kappa shape index (κ3) is 4.42. The van der Waals surface area contributed by atoms with E-state index in [1.165, 1.54) is 13.2 Å². The number of hydrogen-bond acceptors (Lipinski definition) is 3. The maximum absolute atomic E-state index is 11.2. The molecular formula is C19H19NO2. The Hall–Kier alpha value is -2.68. The molecule has 1 aliphatic carbocycles. The quantitative estimate of drug-likeness (QED) is 0.468. The van der Waals surface area contributed by atoms with Crippen molar-refractivity contribution in [2.45, 2.75) is 6.42 Å². The maximum Gasteiger partial charge on any atom is 0.330 e. The molecule has 0 N–H and O–H groups in total. The van der Waals surface area contributed by atoms with Crippen molar-refractivity contribution in [1.82, 2.24) is 0 Å². The van der Waals surface area contributed by atoms with Gasteiger partial charge >= 0.3 is 5.97 Å². The number of ether oxygens (including phenoxy) is 1. The first kappa shape index (κ1) is 15.7. The van der Waals surface area contributed by atoms with E-state index in [4.69, 9.17) is 0 Å². The van der Waals surface area contributed by atoms with Crippen LogP contribution in [-0.4, -0.2) is 19.3 Å². The van der Waals surface area contributed by atoms with E-state index in [0.29, 0.717) is 0 Å². The molecule has 1 aliphatic rings. The van der Waals surface area contributed by atoms with Gasteiger partial charge in [0.2, 0.25) is 0 Å². The molecule has 0 saturated carbocycles. The molecule has 1 unspecified atom stereocenters. The van der Waals surface area contributed by atoms with Crippen LogP contribution in [-0.2, 0) is 9.53 Å². The van der Waals surface area contributed by atoms with Gasteiger partial charge < -0.3 is 4.74 Å². The zero-order chi connectivity index (χ0) is 15.8. The lowest BCUT2D eigenvalue weighted by Gasteiger charge is -2.14. The monoisotopic (exact) mass is 293 g/mol. The van der Waals surface area contributed by atoms with E-state index >= 15 is 0 Å². The highest BCUT2D eigenvalue weighted by Gasteiger charge is 2.11. The molecule has 3 nitrogen and oxygen atoms in total. The molecule has 0 bridgehead atoms. The molecule has 22 heavy (non-hydrogen) atoms. The number of esters is 1. The van der Waals surface area contributed by atoms with Gasteiger partial charge in [-0.3, -0.25) is 4.99 Å². The van der Waals surface area contributed by atoms with Crippen LogP contribution in [0.25, 0.3) is 5.70 Å². The number of rotatable bonds is 5. The lowest BCUT2D eigenvalue weighted by molar-refractivity contribution is -0.134. The maximum atomic E-state index is 11.2. The highest BCUT2D eigenvalue weighted by molar-refractivity contribution is 5.83. The first-order chi connectivity index (χ1) is 10.7. The number of nitrogens with zero attached hydrogens (tertiary/aromatic N) is 1. The number of benzene rings is 1. The van der Waals surface area contributed by atoms with Gasteiger partial charge in [-0.1, -0.05) is 61.2 Å². The molecule has 0 saturated heterocycles. The second kappa shape index (κ2) is 7.93. The summed E-state index contributed by atoms with van der Waals surface area (Å²) >= 11 is 0. The first-order valence-corrected chi connectivity index (χ1v) is 7.12. The van der Waals surface area contributed by atoms with Crippen molar-refractivity contribution in [1.29, 1.82) is 0 Å². The smallest absolute Gasteiger partial charge is 0.330 e. The predicted octanol–water partition coefficient (Wildman–Crippen LogP) is 3.96. The summed E-state index contributed by atoms with van der Waals surface area (Å²) in [6, 6.07) is 9.85. The van der Waals surface area contributed by atoms with Crippen molar-refractivity contribution in [3.63, 3.8) is 0 Å². The molecule has 0 amide bonds. The third-order valence-electron chi connectivity index (χ3n) is 3.37. The molecule has 1 atom stereocenters. The fourth-order valence-corrected chi connectivity index (χ4v) is 2.11. The number of carbonyl (C=O) groups is 1. The molecule has 0 heterocycles. The third-order valence-corrected chi connectivity index (χ3v) is 3.37. The van der Waals surface area contributed by atoms with Crippen molar-refractivity contribution >= 4 is 17.9 Å². The molecule has 0 aliphatic heterocycles. The molecule has 0 radical (unpaired) electrons. The summed E-state index contributed by atoms with van der Waals surface area (Å²) in [5, 5.41) is 0. The van der Waals surface area contributed by atoms with Crippen molar-refractivity contribution in [2.75, 3.05) is 7.11 Å². The van der Waals surface area contributed by atoms with E-state index in [1.807, 2.05) is 48.7 Å². The van der Waals surface area contributed by atoms with Gasteiger partial charge in [-0.25, -0.2) is 4.79 Å². The van der Waals surface area contributed by atoms with Crippen LogP contribution in [0.1, 0.15) is 12.0 Å². The number of methoxy groups -OCH3 is 1. The van der Waals surface area contributed by atoms with Gasteiger partial charge in [-0.05, 0) is 17.6 Å². The summed E-state index contributed by atoms with van der Waals surface area (Å²) in [5.41, 5.74) is 2.75. The fraction of sp³-hybridized carbons (Fsp3) is 0.158. The van der Waals surface area contributed by atoms with Crippen LogP contribution in [0, 0.1) is 5.92 Å². The summed E-state index contributed by atoms with van der Waals surface area (Å²) < 4.78 is 4.61. The number of hydrogen-bond donors (Lipinski definition) is 0. The van der Waals surface area contributed by atoms with E-state index in [0.717, 1.165) is 23.3 Å². The fourth-order valence-electron chi connectivity index (χ4n) is 2.11. The topological polar surface area (TPSA) is 38.7 Å². The standard InChI is InChI=1S/C19H19NO2/c1-15(16-8-4-3-5-9-16)20-14-18-11-7-6-10-17(18)12-13-19(21)22-2/h3-10,12-14,18H,1,11H2,2H3/b13-12+,20-14?. The van der Waals surface area contributed by atoms with Gasteiger partial charge in [0.25, 0.3) is 0 Å². The second-order valence-corrected chi connectivity index (χ2v) is 4.88. The molecule has 0 spiro atoms.